The molecule has 7 heteroatoms. The molecule has 22 heavy (non-hydrogen) atoms. The summed E-state index contributed by atoms with van der Waals surface area (Å²) in [6.07, 6.45) is 4.98. The zero-order valence-electron chi connectivity index (χ0n) is 13.8. The van der Waals surface area contributed by atoms with Gasteiger partial charge in [0.15, 0.2) is 0 Å². The fourth-order valence-corrected chi connectivity index (χ4v) is 4.09. The predicted molar refractivity (Wildman–Crippen MR) is 87.0 cm³/mol. The van der Waals surface area contributed by atoms with E-state index >= 15 is 0 Å². The zero-order valence-corrected chi connectivity index (χ0v) is 14.6. The van der Waals surface area contributed by atoms with E-state index in [4.69, 9.17) is 0 Å². The molecule has 1 amide bonds. The van der Waals surface area contributed by atoms with E-state index in [1.165, 1.54) is 23.4 Å². The topological polar surface area (TPSA) is 69.7 Å². The van der Waals surface area contributed by atoms with Gasteiger partial charge in [-0.2, -0.15) is 0 Å². The average Bonchev–Trinajstić information content (AvgIpc) is 2.48. The molecule has 2 fully saturated rings. The highest BCUT2D eigenvalue weighted by molar-refractivity contribution is 7.88. The number of sulfonamides is 1. The van der Waals surface area contributed by atoms with Crippen LogP contribution in [0.15, 0.2) is 0 Å². The number of nitrogens with one attached hydrogen (secondary N) is 1. The van der Waals surface area contributed by atoms with Crippen molar-refractivity contribution in [3.63, 3.8) is 0 Å². The largest absolute Gasteiger partial charge is 0.355 e. The second-order valence-corrected chi connectivity index (χ2v) is 8.73. The molecule has 0 aromatic rings. The van der Waals surface area contributed by atoms with Crippen LogP contribution in [0, 0.1) is 11.8 Å². The number of piperidine rings is 2. The molecular formula is C15H29N3O3S. The van der Waals surface area contributed by atoms with Gasteiger partial charge >= 0.3 is 0 Å². The Bertz CT molecular complexity index is 464. The minimum absolute atomic E-state index is 0.0422. The van der Waals surface area contributed by atoms with Crippen LogP contribution in [0.1, 0.15) is 32.6 Å². The van der Waals surface area contributed by atoms with E-state index < -0.39 is 10.0 Å². The first kappa shape index (κ1) is 17.7. The van der Waals surface area contributed by atoms with Gasteiger partial charge in [0.05, 0.1) is 6.26 Å². The number of hydrogen-bond donors (Lipinski definition) is 1. The highest BCUT2D eigenvalue weighted by Crippen LogP contribution is 2.19. The van der Waals surface area contributed by atoms with E-state index in [1.807, 2.05) is 0 Å². The van der Waals surface area contributed by atoms with Crippen molar-refractivity contribution in [2.24, 2.45) is 11.8 Å². The third-order valence-corrected chi connectivity index (χ3v) is 6.20. The highest BCUT2D eigenvalue weighted by Gasteiger charge is 2.28. The number of carbonyl (C=O) groups is 1. The Morgan fingerprint density at radius 1 is 1.09 bits per heavy atom. The van der Waals surface area contributed by atoms with Gasteiger partial charge in [0.2, 0.25) is 15.9 Å². The lowest BCUT2D eigenvalue weighted by atomic mass is 9.97. The summed E-state index contributed by atoms with van der Waals surface area (Å²) in [6.45, 7) is 7.08. The molecule has 0 aliphatic carbocycles. The summed E-state index contributed by atoms with van der Waals surface area (Å²) < 4.78 is 24.4. The Kier molecular flexibility index (Phi) is 6.23. The minimum atomic E-state index is -3.12. The molecule has 0 aromatic heterocycles. The van der Waals surface area contributed by atoms with Crippen LogP contribution < -0.4 is 5.32 Å². The molecule has 0 unspecified atom stereocenters. The molecule has 0 spiro atoms. The average molecular weight is 331 g/mol. The van der Waals surface area contributed by atoms with Crippen molar-refractivity contribution < 1.29 is 13.2 Å². The standard InChI is InChI=1S/C15H29N3O3S/c1-13-3-8-17(9-4-13)12-7-16-15(19)14-5-10-18(11-6-14)22(2,20)21/h13-14H,3-12H2,1-2H3,(H,16,19). The maximum absolute atomic E-state index is 12.2. The van der Waals surface area contributed by atoms with Gasteiger partial charge in [0.1, 0.15) is 0 Å². The predicted octanol–water partition coefficient (Wildman–Crippen LogP) is 0.506. The maximum atomic E-state index is 12.2. The molecule has 0 radical (unpaired) electrons. The maximum Gasteiger partial charge on any atom is 0.223 e. The van der Waals surface area contributed by atoms with Gasteiger partial charge in [-0.3, -0.25) is 4.79 Å². The molecule has 2 aliphatic heterocycles. The van der Waals surface area contributed by atoms with Gasteiger partial charge in [-0.15, -0.1) is 0 Å². The molecule has 1 N–H and O–H groups in total. The Labute approximate surface area is 134 Å². The Morgan fingerprint density at radius 2 is 1.68 bits per heavy atom. The summed E-state index contributed by atoms with van der Waals surface area (Å²) in [6, 6.07) is 0. The van der Waals surface area contributed by atoms with Crippen molar-refractivity contribution in [3.8, 4) is 0 Å². The van der Waals surface area contributed by atoms with Crippen molar-refractivity contribution >= 4 is 15.9 Å². The smallest absolute Gasteiger partial charge is 0.223 e. The quantitative estimate of drug-likeness (QED) is 0.797. The summed E-state index contributed by atoms with van der Waals surface area (Å²) in [5.74, 6) is 0.865. The van der Waals surface area contributed by atoms with Crippen LogP contribution in [0.3, 0.4) is 0 Å². The molecule has 2 rings (SSSR count). The van der Waals surface area contributed by atoms with Gasteiger partial charge in [0, 0.05) is 32.1 Å². The second-order valence-electron chi connectivity index (χ2n) is 6.75. The van der Waals surface area contributed by atoms with E-state index in [0.717, 1.165) is 25.6 Å². The van der Waals surface area contributed by atoms with Crippen molar-refractivity contribution in [3.05, 3.63) is 0 Å². The lowest BCUT2D eigenvalue weighted by Crippen LogP contribution is -2.44. The van der Waals surface area contributed by atoms with Gasteiger partial charge in [-0.25, -0.2) is 12.7 Å². The lowest BCUT2D eigenvalue weighted by Gasteiger charge is -2.31. The molecule has 2 heterocycles. The first-order valence-corrected chi connectivity index (χ1v) is 10.2. The monoisotopic (exact) mass is 331 g/mol. The van der Waals surface area contributed by atoms with E-state index in [1.54, 1.807) is 0 Å². The summed E-state index contributed by atoms with van der Waals surface area (Å²) >= 11 is 0. The summed E-state index contributed by atoms with van der Waals surface area (Å²) in [4.78, 5) is 14.6. The van der Waals surface area contributed by atoms with Crippen LogP contribution in [-0.4, -0.2) is 69.1 Å². The van der Waals surface area contributed by atoms with E-state index in [2.05, 4.69) is 17.1 Å². The normalized spacial score (nSPS) is 23.5. The number of nitrogens with zero attached hydrogens (tertiary/aromatic N) is 2. The third-order valence-electron chi connectivity index (χ3n) is 4.90. The highest BCUT2D eigenvalue weighted by atomic mass is 32.2. The molecule has 0 aromatic carbocycles. The van der Waals surface area contributed by atoms with Crippen molar-refractivity contribution in [2.45, 2.75) is 32.6 Å². The molecule has 2 aliphatic rings. The minimum Gasteiger partial charge on any atom is -0.355 e. The van der Waals surface area contributed by atoms with Crippen LogP contribution >= 0.6 is 0 Å². The number of carbonyl (C=O) groups excluding carboxylic acids is 1. The van der Waals surface area contributed by atoms with Gasteiger partial charge < -0.3 is 10.2 Å². The van der Waals surface area contributed by atoms with Crippen molar-refractivity contribution in [1.29, 1.82) is 0 Å². The molecule has 128 valence electrons. The summed E-state index contributed by atoms with van der Waals surface area (Å²) in [5, 5.41) is 3.02. The van der Waals surface area contributed by atoms with Crippen LogP contribution in [0.2, 0.25) is 0 Å². The lowest BCUT2D eigenvalue weighted by molar-refractivity contribution is -0.126. The molecule has 6 nitrogen and oxygen atoms in total. The number of likely N-dealkylation sites (tertiary alicyclic amines) is 1. The number of hydrogen-bond acceptors (Lipinski definition) is 4. The molecule has 2 saturated heterocycles. The molecule has 0 saturated carbocycles. The molecule has 0 bridgehead atoms. The third kappa shape index (κ3) is 5.21. The van der Waals surface area contributed by atoms with Crippen LogP contribution in [0.5, 0.6) is 0 Å². The molecular weight excluding hydrogens is 302 g/mol. The zero-order chi connectivity index (χ0) is 16.2. The van der Waals surface area contributed by atoms with Crippen LogP contribution in [0.4, 0.5) is 0 Å². The first-order valence-electron chi connectivity index (χ1n) is 8.31. The van der Waals surface area contributed by atoms with E-state index in [9.17, 15) is 13.2 Å². The van der Waals surface area contributed by atoms with Gasteiger partial charge in [-0.05, 0) is 44.7 Å². The van der Waals surface area contributed by atoms with Crippen LogP contribution in [-0.2, 0) is 14.8 Å². The summed E-state index contributed by atoms with van der Waals surface area (Å²) in [7, 11) is -3.12. The Balaban J connectivity index is 1.64. The van der Waals surface area contributed by atoms with Crippen LogP contribution in [0.25, 0.3) is 0 Å². The molecule has 0 atom stereocenters. The Morgan fingerprint density at radius 3 is 2.23 bits per heavy atom. The number of rotatable bonds is 5. The van der Waals surface area contributed by atoms with Crippen molar-refractivity contribution in [1.82, 2.24) is 14.5 Å². The Hall–Kier alpha value is -0.660. The van der Waals surface area contributed by atoms with E-state index in [-0.39, 0.29) is 11.8 Å². The van der Waals surface area contributed by atoms with E-state index in [0.29, 0.717) is 32.5 Å². The van der Waals surface area contributed by atoms with Crippen molar-refractivity contribution in [2.75, 3.05) is 45.5 Å². The second kappa shape index (κ2) is 7.75. The van der Waals surface area contributed by atoms with Gasteiger partial charge in [-0.1, -0.05) is 6.92 Å². The first-order chi connectivity index (χ1) is 10.4. The fourth-order valence-electron chi connectivity index (χ4n) is 3.22. The fraction of sp³-hybridized carbons (Fsp3) is 0.933. The van der Waals surface area contributed by atoms with Gasteiger partial charge in [0.25, 0.3) is 0 Å². The summed E-state index contributed by atoms with van der Waals surface area (Å²) in [5.41, 5.74) is 0. The SMILES string of the molecule is CC1CCN(CCNC(=O)C2CCN(S(C)(=O)=O)CC2)CC1. The number of amides is 1.